The molecule has 3 fully saturated rings. The van der Waals surface area contributed by atoms with Crippen molar-refractivity contribution in [3.05, 3.63) is 0 Å². The first-order valence-electron chi connectivity index (χ1n) is 22.4. The van der Waals surface area contributed by atoms with Crippen molar-refractivity contribution in [3.63, 3.8) is 0 Å². The van der Waals surface area contributed by atoms with E-state index >= 15 is 0 Å². The zero-order chi connectivity index (χ0) is 38.1. The molecule has 7 unspecified atom stereocenters. The fourth-order valence-corrected chi connectivity index (χ4v) is 8.69. The zero-order valence-electron chi connectivity index (χ0n) is 33.6. The quantitative estimate of drug-likeness (QED) is 0.0416. The smallest absolute Gasteiger partial charge is 0.186 e. The highest BCUT2D eigenvalue weighted by molar-refractivity contribution is 4.93. The van der Waals surface area contributed by atoms with Gasteiger partial charge in [-0.05, 0) is 51.1 Å². The lowest BCUT2D eigenvalue weighted by atomic mass is 9.86. The summed E-state index contributed by atoms with van der Waals surface area (Å²) in [5.41, 5.74) is 6.77. The van der Waals surface area contributed by atoms with Gasteiger partial charge in [-0.15, -0.1) is 0 Å². The predicted octanol–water partition coefficient (Wildman–Crippen LogP) is 5.37. The molecule has 314 valence electrons. The summed E-state index contributed by atoms with van der Waals surface area (Å²) >= 11 is 0. The molecule has 3 rings (SSSR count). The fourth-order valence-electron chi connectivity index (χ4n) is 8.69. The standard InChI is InChI=1S/C42H83N3O8/c1-2-3-4-5-6-7-8-9-10-15-18-21-24-36(47)38(48)34(31-52-42-41(51)40(50)39(49)37(30-46)53-42)35-29-33(44-45-35)23-20-17-14-12-11-13-16-19-22-32-25-27-43-28-26-32/h32-51H,2-31H2,1H3/t33?,34-,35?,36-,37?,38+,39?,40?,41?,42?/m1/s1. The molecule has 3 saturated heterocycles. The zero-order valence-corrected chi connectivity index (χ0v) is 33.6. The van der Waals surface area contributed by atoms with Crippen molar-refractivity contribution >= 4 is 0 Å². The Morgan fingerprint density at radius 2 is 1.21 bits per heavy atom. The average Bonchev–Trinajstić information content (AvgIpc) is 3.64. The van der Waals surface area contributed by atoms with Crippen LogP contribution in [0, 0.1) is 11.8 Å². The molecular weight excluding hydrogens is 674 g/mol. The maximum absolute atomic E-state index is 11.5. The van der Waals surface area contributed by atoms with Gasteiger partial charge in [-0.2, -0.15) is 0 Å². The predicted molar refractivity (Wildman–Crippen MR) is 211 cm³/mol. The first kappa shape index (κ1) is 46.9. The van der Waals surface area contributed by atoms with Gasteiger partial charge in [-0.3, -0.25) is 10.9 Å². The number of hydrazine groups is 1. The first-order chi connectivity index (χ1) is 25.8. The van der Waals surface area contributed by atoms with Crippen LogP contribution in [0.2, 0.25) is 0 Å². The molecule has 0 aromatic heterocycles. The van der Waals surface area contributed by atoms with Gasteiger partial charge in [0.05, 0.1) is 25.4 Å². The van der Waals surface area contributed by atoms with Crippen molar-refractivity contribution in [2.75, 3.05) is 26.3 Å². The Balaban J connectivity index is 1.36. The van der Waals surface area contributed by atoms with Gasteiger partial charge in [0.25, 0.3) is 0 Å². The van der Waals surface area contributed by atoms with Crippen molar-refractivity contribution in [1.29, 1.82) is 0 Å². The van der Waals surface area contributed by atoms with Gasteiger partial charge in [0, 0.05) is 18.0 Å². The van der Waals surface area contributed by atoms with Crippen LogP contribution in [0.4, 0.5) is 0 Å². The second kappa shape index (κ2) is 28.9. The Morgan fingerprint density at radius 3 is 1.79 bits per heavy atom. The molecule has 0 bridgehead atoms. The molecule has 53 heavy (non-hydrogen) atoms. The van der Waals surface area contributed by atoms with Crippen molar-refractivity contribution in [2.24, 2.45) is 11.8 Å². The van der Waals surface area contributed by atoms with Crippen LogP contribution in [0.15, 0.2) is 0 Å². The fraction of sp³-hybridized carbons (Fsp3) is 1.00. The topological polar surface area (TPSA) is 176 Å². The highest BCUT2D eigenvalue weighted by atomic mass is 16.7. The van der Waals surface area contributed by atoms with Crippen LogP contribution in [-0.2, 0) is 9.47 Å². The van der Waals surface area contributed by atoms with E-state index < -0.39 is 55.4 Å². The summed E-state index contributed by atoms with van der Waals surface area (Å²) in [6.45, 7) is 4.07. The second-order valence-corrected chi connectivity index (χ2v) is 16.9. The minimum atomic E-state index is -1.54. The van der Waals surface area contributed by atoms with Crippen LogP contribution in [0.3, 0.4) is 0 Å². The molecule has 0 amide bonds. The van der Waals surface area contributed by atoms with Crippen molar-refractivity contribution in [2.45, 2.75) is 229 Å². The summed E-state index contributed by atoms with van der Waals surface area (Å²) in [6.07, 6.45) is 22.6. The molecule has 3 heterocycles. The molecule has 10 atom stereocenters. The van der Waals surface area contributed by atoms with Crippen LogP contribution < -0.4 is 16.2 Å². The second-order valence-electron chi connectivity index (χ2n) is 16.9. The summed E-state index contributed by atoms with van der Waals surface area (Å²) in [4.78, 5) is 0. The Labute approximate surface area is 322 Å². The van der Waals surface area contributed by atoms with E-state index in [9.17, 15) is 30.6 Å². The lowest BCUT2D eigenvalue weighted by molar-refractivity contribution is -0.305. The third-order valence-electron chi connectivity index (χ3n) is 12.4. The Hall–Kier alpha value is -0.440. The molecule has 11 heteroatoms. The van der Waals surface area contributed by atoms with Crippen LogP contribution in [0.1, 0.15) is 174 Å². The van der Waals surface area contributed by atoms with Gasteiger partial charge in [-0.25, -0.2) is 0 Å². The largest absolute Gasteiger partial charge is 0.394 e. The molecule has 0 aromatic rings. The van der Waals surface area contributed by atoms with E-state index in [1.807, 2.05) is 0 Å². The maximum Gasteiger partial charge on any atom is 0.186 e. The third kappa shape index (κ3) is 18.6. The molecule has 0 saturated carbocycles. The van der Waals surface area contributed by atoms with E-state index in [4.69, 9.17) is 9.47 Å². The highest BCUT2D eigenvalue weighted by Crippen LogP contribution is 2.28. The summed E-state index contributed by atoms with van der Waals surface area (Å²) in [5.74, 6) is 0.430. The lowest BCUT2D eigenvalue weighted by Gasteiger charge is -2.40. The molecular formula is C42H83N3O8. The first-order valence-corrected chi connectivity index (χ1v) is 22.4. The number of aliphatic hydroxyl groups is 6. The van der Waals surface area contributed by atoms with E-state index in [-0.39, 0.29) is 18.7 Å². The highest BCUT2D eigenvalue weighted by Gasteiger charge is 2.45. The minimum absolute atomic E-state index is 0.0384. The summed E-state index contributed by atoms with van der Waals surface area (Å²) < 4.78 is 11.5. The van der Waals surface area contributed by atoms with Crippen LogP contribution >= 0.6 is 0 Å². The summed E-state index contributed by atoms with van der Waals surface area (Å²) in [7, 11) is 0. The Bertz CT molecular complexity index is 868. The maximum atomic E-state index is 11.5. The average molecular weight is 758 g/mol. The van der Waals surface area contributed by atoms with E-state index in [1.165, 1.54) is 135 Å². The molecule has 3 aliphatic rings. The van der Waals surface area contributed by atoms with Crippen LogP contribution in [0.25, 0.3) is 0 Å². The van der Waals surface area contributed by atoms with Gasteiger partial charge in [0.15, 0.2) is 6.29 Å². The van der Waals surface area contributed by atoms with Gasteiger partial charge in [0.1, 0.15) is 24.4 Å². The number of ether oxygens (including phenoxy) is 2. The minimum Gasteiger partial charge on any atom is -0.394 e. The molecule has 0 aromatic carbocycles. The number of hydrogen-bond donors (Lipinski definition) is 9. The molecule has 0 aliphatic carbocycles. The van der Waals surface area contributed by atoms with Gasteiger partial charge in [0.2, 0.25) is 0 Å². The molecule has 0 spiro atoms. The van der Waals surface area contributed by atoms with Crippen LogP contribution in [-0.4, -0.2) is 112 Å². The van der Waals surface area contributed by atoms with E-state index in [0.717, 1.165) is 44.4 Å². The molecule has 0 radical (unpaired) electrons. The number of piperidine rings is 1. The number of unbranched alkanes of at least 4 members (excludes halogenated alkanes) is 18. The van der Waals surface area contributed by atoms with E-state index in [0.29, 0.717) is 6.42 Å². The normalized spacial score (nSPS) is 28.7. The van der Waals surface area contributed by atoms with E-state index in [1.54, 1.807) is 0 Å². The number of rotatable bonds is 31. The monoisotopic (exact) mass is 758 g/mol. The number of nitrogens with one attached hydrogen (secondary N) is 3. The lowest BCUT2D eigenvalue weighted by Crippen LogP contribution is -2.59. The van der Waals surface area contributed by atoms with Crippen molar-refractivity contribution in [1.82, 2.24) is 16.2 Å². The van der Waals surface area contributed by atoms with E-state index in [2.05, 4.69) is 23.1 Å². The van der Waals surface area contributed by atoms with Crippen molar-refractivity contribution < 1.29 is 40.1 Å². The third-order valence-corrected chi connectivity index (χ3v) is 12.4. The summed E-state index contributed by atoms with van der Waals surface area (Å²) in [6, 6.07) is 0.0619. The Kier molecular flexibility index (Phi) is 25.6. The number of hydrogen-bond acceptors (Lipinski definition) is 11. The Morgan fingerprint density at radius 1 is 0.660 bits per heavy atom. The molecule has 9 N–H and O–H groups in total. The van der Waals surface area contributed by atoms with Crippen molar-refractivity contribution in [3.8, 4) is 0 Å². The van der Waals surface area contributed by atoms with Gasteiger partial charge >= 0.3 is 0 Å². The van der Waals surface area contributed by atoms with Gasteiger partial charge < -0.3 is 45.4 Å². The number of aliphatic hydroxyl groups excluding tert-OH is 6. The van der Waals surface area contributed by atoms with Gasteiger partial charge in [-0.1, -0.05) is 142 Å². The SMILES string of the molecule is CCCCCCCCCCCCCC[C@@H](O)[C@@H](O)[C@H](COC1OC(CO)C(O)C(O)C1O)C1CC(CCCCCCCCCCC2CCNCC2)NN1. The molecule has 11 nitrogen and oxygen atoms in total. The molecule has 3 aliphatic heterocycles. The summed E-state index contributed by atoms with van der Waals surface area (Å²) in [5, 5.41) is 66.7. The van der Waals surface area contributed by atoms with Crippen LogP contribution in [0.5, 0.6) is 0 Å².